The molecule has 0 aliphatic heterocycles. The second-order valence-electron chi connectivity index (χ2n) is 10.7. The van der Waals surface area contributed by atoms with Crippen LogP contribution in [0.4, 0.5) is 0 Å². The number of halogens is 3. The lowest BCUT2D eigenvalue weighted by Gasteiger charge is -2.31. The van der Waals surface area contributed by atoms with E-state index < -0.39 is 0 Å². The van der Waals surface area contributed by atoms with Crippen molar-refractivity contribution in [3.05, 3.63) is 146 Å². The molecule has 0 saturated heterocycles. The smallest absolute Gasteiger partial charge is 0.0565 e. The highest BCUT2D eigenvalue weighted by Gasteiger charge is 2.19. The molecule has 0 fully saturated rings. The molecule has 0 aliphatic rings. The van der Waals surface area contributed by atoms with Crippen LogP contribution in [0.1, 0.15) is 46.9 Å². The first-order chi connectivity index (χ1) is 20.4. The van der Waals surface area contributed by atoms with E-state index in [4.69, 9.17) is 23.2 Å². The molecule has 42 heavy (non-hydrogen) atoms. The Labute approximate surface area is 267 Å². The first-order valence-electron chi connectivity index (χ1n) is 14.1. The van der Waals surface area contributed by atoms with Gasteiger partial charge in [0.2, 0.25) is 0 Å². The van der Waals surface area contributed by atoms with Gasteiger partial charge in [-0.15, -0.1) is 0 Å². The van der Waals surface area contributed by atoms with Gasteiger partial charge in [-0.05, 0) is 77.1 Å². The molecule has 1 aromatic heterocycles. The topological polar surface area (TPSA) is 35.2 Å². The molecule has 0 radical (unpaired) electrons. The van der Waals surface area contributed by atoms with Gasteiger partial charge in [-0.2, -0.15) is 5.10 Å². The lowest BCUT2D eigenvalue weighted by molar-refractivity contribution is 0.0233. The number of benzene rings is 4. The van der Waals surface area contributed by atoms with Crippen LogP contribution in [0.15, 0.2) is 114 Å². The number of nitrogens with one attached hydrogen (secondary N) is 1. The van der Waals surface area contributed by atoms with E-state index in [1.54, 1.807) is 0 Å². The summed E-state index contributed by atoms with van der Waals surface area (Å²) in [5, 5.41) is 13.2. The van der Waals surface area contributed by atoms with Crippen LogP contribution in [0.2, 0.25) is 10.0 Å². The molecule has 5 rings (SSSR count). The molecule has 0 aliphatic carbocycles. The van der Waals surface area contributed by atoms with Crippen molar-refractivity contribution < 1.29 is 0 Å². The highest BCUT2D eigenvalue weighted by atomic mass is 79.9. The van der Waals surface area contributed by atoms with Crippen LogP contribution in [0, 0.1) is 0 Å². The summed E-state index contributed by atoms with van der Waals surface area (Å²) in [6.45, 7) is 1.84. The number of rotatable bonds is 12. The third kappa shape index (κ3) is 7.91. The zero-order valence-corrected chi connectivity index (χ0v) is 26.9. The third-order valence-electron chi connectivity index (χ3n) is 8.03. The van der Waals surface area contributed by atoms with Crippen LogP contribution in [-0.2, 0) is 0 Å². The van der Waals surface area contributed by atoms with Gasteiger partial charge in [-0.25, -0.2) is 10.0 Å². The van der Waals surface area contributed by atoms with Crippen molar-refractivity contribution >= 4 is 39.1 Å². The number of hydrogen-bond acceptors (Lipinski definition) is 3. The SMILES string of the molecule is CN(CCC(c1ccc(Cl)cc1)c1ccc(Br)cc1)N(C)CCC(c1ccc(Cl)cc1)c1ccc(-c2cn[nH]c2)cc1. The summed E-state index contributed by atoms with van der Waals surface area (Å²) in [6.07, 6.45) is 5.73. The molecule has 2 unspecified atom stereocenters. The van der Waals surface area contributed by atoms with Crippen LogP contribution in [0.5, 0.6) is 0 Å². The summed E-state index contributed by atoms with van der Waals surface area (Å²) in [5.41, 5.74) is 7.38. The zero-order valence-electron chi connectivity index (χ0n) is 23.9. The predicted octanol–water partition coefficient (Wildman–Crippen LogP) is 9.67. The minimum atomic E-state index is 0.251. The number of nitrogens with zero attached hydrogens (tertiary/aromatic N) is 3. The molecule has 7 heteroatoms. The minimum absolute atomic E-state index is 0.251. The van der Waals surface area contributed by atoms with Gasteiger partial charge in [0.05, 0.1) is 6.20 Å². The van der Waals surface area contributed by atoms with E-state index in [0.717, 1.165) is 51.6 Å². The van der Waals surface area contributed by atoms with Crippen LogP contribution in [0.3, 0.4) is 0 Å². The molecule has 1 N–H and O–H groups in total. The highest BCUT2D eigenvalue weighted by Crippen LogP contribution is 2.32. The van der Waals surface area contributed by atoms with E-state index in [9.17, 15) is 0 Å². The van der Waals surface area contributed by atoms with E-state index in [1.165, 1.54) is 22.3 Å². The second-order valence-corrected chi connectivity index (χ2v) is 12.5. The van der Waals surface area contributed by atoms with Gasteiger partial charge in [0, 0.05) is 65.3 Å². The summed E-state index contributed by atoms with van der Waals surface area (Å²) in [4.78, 5) is 0. The highest BCUT2D eigenvalue weighted by molar-refractivity contribution is 9.10. The Bertz CT molecular complexity index is 1480. The number of aromatic nitrogens is 2. The van der Waals surface area contributed by atoms with E-state index in [2.05, 4.69) is 123 Å². The van der Waals surface area contributed by atoms with Gasteiger partial charge in [0.25, 0.3) is 0 Å². The molecule has 0 spiro atoms. The normalized spacial score (nSPS) is 13.0. The molecule has 0 amide bonds. The average molecular weight is 663 g/mol. The van der Waals surface area contributed by atoms with Crippen molar-refractivity contribution in [3.8, 4) is 11.1 Å². The number of aromatic amines is 1. The molecule has 0 bridgehead atoms. The maximum absolute atomic E-state index is 6.24. The fraction of sp³-hybridized carbons (Fsp3) is 0.229. The fourth-order valence-corrected chi connectivity index (χ4v) is 5.94. The predicted molar refractivity (Wildman–Crippen MR) is 179 cm³/mol. The van der Waals surface area contributed by atoms with Crippen molar-refractivity contribution in [2.75, 3.05) is 27.2 Å². The fourth-order valence-electron chi connectivity index (χ4n) is 5.43. The van der Waals surface area contributed by atoms with Gasteiger partial charge in [0.1, 0.15) is 0 Å². The number of hydrogen-bond donors (Lipinski definition) is 1. The molecular weight excluding hydrogens is 627 g/mol. The van der Waals surface area contributed by atoms with E-state index in [1.807, 2.05) is 36.7 Å². The van der Waals surface area contributed by atoms with Crippen molar-refractivity contribution in [2.45, 2.75) is 24.7 Å². The summed E-state index contributed by atoms with van der Waals surface area (Å²) in [7, 11) is 4.36. The van der Waals surface area contributed by atoms with Crippen molar-refractivity contribution in [1.29, 1.82) is 0 Å². The first-order valence-corrected chi connectivity index (χ1v) is 15.7. The Kier molecular flexibility index (Phi) is 10.5. The Morgan fingerprint density at radius 3 is 1.43 bits per heavy atom. The molecule has 1 heterocycles. The van der Waals surface area contributed by atoms with E-state index >= 15 is 0 Å². The summed E-state index contributed by atoms with van der Waals surface area (Å²) < 4.78 is 1.09. The van der Waals surface area contributed by atoms with Crippen LogP contribution >= 0.6 is 39.1 Å². The summed E-state index contributed by atoms with van der Waals surface area (Å²) in [5.74, 6) is 0.530. The summed E-state index contributed by atoms with van der Waals surface area (Å²) in [6, 6.07) is 34.0. The molecule has 4 aromatic carbocycles. The Hall–Kier alpha value is -2.93. The number of H-pyrrole nitrogens is 1. The quantitative estimate of drug-likeness (QED) is 0.135. The Morgan fingerprint density at radius 2 is 1.02 bits per heavy atom. The van der Waals surface area contributed by atoms with Crippen molar-refractivity contribution in [1.82, 2.24) is 20.2 Å². The van der Waals surface area contributed by atoms with E-state index in [-0.39, 0.29) is 11.8 Å². The van der Waals surface area contributed by atoms with Crippen molar-refractivity contribution in [3.63, 3.8) is 0 Å². The second kappa shape index (κ2) is 14.5. The molecule has 5 aromatic rings. The monoisotopic (exact) mass is 660 g/mol. The molecular formula is C35H35BrCl2N4. The van der Waals surface area contributed by atoms with E-state index in [0.29, 0.717) is 0 Å². The van der Waals surface area contributed by atoms with Gasteiger partial charge in [-0.3, -0.25) is 5.10 Å². The minimum Gasteiger partial charge on any atom is -0.285 e. The first kappa shape index (κ1) is 30.5. The molecule has 0 saturated carbocycles. The largest absolute Gasteiger partial charge is 0.285 e. The van der Waals surface area contributed by atoms with Gasteiger partial charge >= 0.3 is 0 Å². The standard InChI is InChI=1S/C35H35BrCl2N4/c1-41(42(2)22-20-35(27-7-13-31(36)14-8-27)29-11-17-33(38)18-12-29)21-19-34(28-9-15-32(37)16-10-28)26-5-3-25(4-6-26)30-23-39-40-24-30/h3-18,23-24,34-35H,19-22H2,1-2H3,(H,39,40). The maximum atomic E-state index is 6.24. The van der Waals surface area contributed by atoms with Gasteiger partial charge in [0.15, 0.2) is 0 Å². The van der Waals surface area contributed by atoms with Crippen LogP contribution in [0.25, 0.3) is 11.1 Å². The van der Waals surface area contributed by atoms with Crippen LogP contribution < -0.4 is 0 Å². The zero-order chi connectivity index (χ0) is 29.5. The lowest BCUT2D eigenvalue weighted by atomic mass is 9.87. The average Bonchev–Trinajstić information content (AvgIpc) is 3.55. The Balaban J connectivity index is 1.27. The van der Waals surface area contributed by atoms with Gasteiger partial charge < -0.3 is 0 Å². The Morgan fingerprint density at radius 1 is 0.619 bits per heavy atom. The molecule has 216 valence electrons. The third-order valence-corrected chi connectivity index (χ3v) is 9.06. The van der Waals surface area contributed by atoms with Gasteiger partial charge in [-0.1, -0.05) is 99.8 Å². The number of hydrazine groups is 1. The summed E-state index contributed by atoms with van der Waals surface area (Å²) >= 11 is 16.0. The van der Waals surface area contributed by atoms with Crippen LogP contribution in [-0.4, -0.2) is 47.4 Å². The maximum Gasteiger partial charge on any atom is 0.0565 e. The lowest BCUT2D eigenvalue weighted by Crippen LogP contribution is -2.39. The molecule has 4 nitrogen and oxygen atoms in total. The van der Waals surface area contributed by atoms with Crippen molar-refractivity contribution in [2.24, 2.45) is 0 Å². The molecule has 2 atom stereocenters.